The molecule has 6 rings (SSSR count). The van der Waals surface area contributed by atoms with Crippen LogP contribution in [0.3, 0.4) is 0 Å². The lowest BCUT2D eigenvalue weighted by molar-refractivity contribution is -0.157. The Labute approximate surface area is 178 Å². The minimum Gasteiger partial charge on any atom is -0.497 e. The average Bonchev–Trinajstić information content (AvgIpc) is 3.39. The number of nitrogens with zero attached hydrogens (tertiary/aromatic N) is 2. The number of amides is 2. The van der Waals surface area contributed by atoms with Crippen molar-refractivity contribution in [3.8, 4) is 17.2 Å². The Morgan fingerprint density at radius 2 is 1.94 bits per heavy atom. The highest BCUT2D eigenvalue weighted by atomic mass is 16.7. The summed E-state index contributed by atoms with van der Waals surface area (Å²) < 4.78 is 16.4. The topological polar surface area (TPSA) is 84.1 Å². The number of fused-ring (bicyclic) bond motifs is 5. The number of hydrogen-bond acceptors (Lipinski definition) is 5. The van der Waals surface area contributed by atoms with E-state index in [9.17, 15) is 9.59 Å². The molecular weight excluding hydrogens is 398 g/mol. The van der Waals surface area contributed by atoms with Crippen LogP contribution in [-0.2, 0) is 16.0 Å². The number of aromatic nitrogens is 1. The van der Waals surface area contributed by atoms with E-state index in [4.69, 9.17) is 14.2 Å². The number of likely N-dealkylation sites (N-methyl/N-ethyl adjacent to an activating group) is 1. The number of rotatable bonds is 2. The third-order valence-corrected chi connectivity index (χ3v) is 6.47. The van der Waals surface area contributed by atoms with Gasteiger partial charge in [0.05, 0.1) is 19.7 Å². The Balaban J connectivity index is 1.58. The van der Waals surface area contributed by atoms with Crippen LogP contribution < -0.4 is 14.2 Å². The summed E-state index contributed by atoms with van der Waals surface area (Å²) in [5.41, 5.74) is 3.77. The van der Waals surface area contributed by atoms with E-state index < -0.39 is 12.1 Å². The molecule has 1 unspecified atom stereocenters. The van der Waals surface area contributed by atoms with Crippen molar-refractivity contribution >= 4 is 22.7 Å². The first-order valence-corrected chi connectivity index (χ1v) is 10.2. The lowest BCUT2D eigenvalue weighted by Gasteiger charge is -2.46. The van der Waals surface area contributed by atoms with Crippen molar-refractivity contribution in [1.82, 2.24) is 14.8 Å². The molecule has 3 aliphatic rings. The zero-order valence-corrected chi connectivity index (χ0v) is 17.2. The van der Waals surface area contributed by atoms with Gasteiger partial charge in [0.2, 0.25) is 18.6 Å². The Morgan fingerprint density at radius 3 is 2.77 bits per heavy atom. The van der Waals surface area contributed by atoms with Gasteiger partial charge in [-0.1, -0.05) is 6.07 Å². The summed E-state index contributed by atoms with van der Waals surface area (Å²) in [5, 5.41) is 1.04. The van der Waals surface area contributed by atoms with E-state index in [2.05, 4.69) is 4.98 Å². The molecule has 3 aromatic rings. The molecule has 0 radical (unpaired) electrons. The first-order valence-electron chi connectivity index (χ1n) is 10.2. The molecule has 4 heterocycles. The van der Waals surface area contributed by atoms with E-state index >= 15 is 0 Å². The minimum absolute atomic E-state index is 0.0427. The second-order valence-electron chi connectivity index (χ2n) is 8.16. The molecule has 1 aromatic heterocycles. The normalized spacial score (nSPS) is 22.0. The fraction of sp³-hybridized carbons (Fsp3) is 0.304. The van der Waals surface area contributed by atoms with Crippen LogP contribution in [0.2, 0.25) is 0 Å². The Bertz CT molecular complexity index is 1250. The molecule has 1 fully saturated rings. The molecule has 8 heteroatoms. The van der Waals surface area contributed by atoms with Gasteiger partial charge in [0.25, 0.3) is 0 Å². The van der Waals surface area contributed by atoms with Gasteiger partial charge in [0.1, 0.15) is 11.8 Å². The quantitative estimate of drug-likeness (QED) is 0.689. The fourth-order valence-corrected chi connectivity index (χ4v) is 5.00. The van der Waals surface area contributed by atoms with Crippen LogP contribution in [0, 0.1) is 0 Å². The molecule has 8 nitrogen and oxygen atoms in total. The van der Waals surface area contributed by atoms with Gasteiger partial charge in [-0.2, -0.15) is 0 Å². The summed E-state index contributed by atoms with van der Waals surface area (Å²) in [5.74, 6) is 1.95. The van der Waals surface area contributed by atoms with Crippen LogP contribution in [0.25, 0.3) is 10.9 Å². The van der Waals surface area contributed by atoms with Crippen molar-refractivity contribution in [2.75, 3.05) is 27.5 Å². The van der Waals surface area contributed by atoms with Crippen molar-refractivity contribution in [3.05, 3.63) is 53.2 Å². The highest BCUT2D eigenvalue weighted by Gasteiger charge is 2.47. The Hall–Kier alpha value is -3.68. The average molecular weight is 419 g/mol. The molecule has 0 bridgehead atoms. The molecule has 0 spiro atoms. The third kappa shape index (κ3) is 2.54. The molecule has 0 aliphatic carbocycles. The molecular formula is C23H21N3O5. The number of carbonyl (C=O) groups excluding carboxylic acids is 2. The maximum Gasteiger partial charge on any atom is 0.245 e. The summed E-state index contributed by atoms with van der Waals surface area (Å²) in [7, 11) is 3.32. The number of methoxy groups -OCH3 is 1. The highest BCUT2D eigenvalue weighted by molar-refractivity contribution is 5.97. The van der Waals surface area contributed by atoms with E-state index in [1.165, 1.54) is 4.90 Å². The summed E-state index contributed by atoms with van der Waals surface area (Å²) in [4.78, 5) is 33.0. The van der Waals surface area contributed by atoms with E-state index in [1.807, 2.05) is 36.4 Å². The summed E-state index contributed by atoms with van der Waals surface area (Å²) in [6, 6.07) is 10.6. The second kappa shape index (κ2) is 6.41. The lowest BCUT2D eigenvalue weighted by Crippen LogP contribution is -2.62. The van der Waals surface area contributed by atoms with Crippen LogP contribution in [0.4, 0.5) is 0 Å². The first-order chi connectivity index (χ1) is 15.0. The van der Waals surface area contributed by atoms with Gasteiger partial charge in [-0.05, 0) is 35.4 Å². The van der Waals surface area contributed by atoms with Crippen LogP contribution in [0.5, 0.6) is 17.2 Å². The SMILES string of the molecule is COc1ccc2c3c([nH]c2c1)[C@@H](c1ccc2c(c1)OCO2)N1C(=O)CN(C)C(=O)C1C3. The number of aromatic amines is 1. The maximum atomic E-state index is 13.2. The molecule has 0 saturated carbocycles. The summed E-state index contributed by atoms with van der Waals surface area (Å²) in [6.45, 7) is 0.245. The standard InChI is InChI=1S/C23H21N3O5/c1-25-10-20(27)26-17(23(25)28)9-15-14-5-4-13(29-2)8-16(14)24-21(15)22(26)12-3-6-18-19(7-12)31-11-30-18/h3-8,17,22,24H,9-11H2,1-2H3/t17?,22-/m1/s1. The molecule has 31 heavy (non-hydrogen) atoms. The highest BCUT2D eigenvalue weighted by Crippen LogP contribution is 2.45. The van der Waals surface area contributed by atoms with E-state index in [1.54, 1.807) is 19.1 Å². The first kappa shape index (κ1) is 18.1. The Kier molecular flexibility index (Phi) is 3.74. The van der Waals surface area contributed by atoms with Gasteiger partial charge in [-0.3, -0.25) is 9.59 Å². The van der Waals surface area contributed by atoms with Crippen molar-refractivity contribution < 1.29 is 23.8 Å². The monoisotopic (exact) mass is 419 g/mol. The zero-order chi connectivity index (χ0) is 21.3. The van der Waals surface area contributed by atoms with Crippen molar-refractivity contribution in [2.45, 2.75) is 18.5 Å². The predicted octanol–water partition coefficient (Wildman–Crippen LogP) is 2.22. The van der Waals surface area contributed by atoms with Gasteiger partial charge in [0, 0.05) is 36.1 Å². The minimum atomic E-state index is -0.546. The van der Waals surface area contributed by atoms with Crippen molar-refractivity contribution in [1.29, 1.82) is 0 Å². The van der Waals surface area contributed by atoms with Crippen molar-refractivity contribution in [2.24, 2.45) is 0 Å². The number of benzene rings is 2. The molecule has 3 aliphatic heterocycles. The van der Waals surface area contributed by atoms with Crippen molar-refractivity contribution in [3.63, 3.8) is 0 Å². The molecule has 1 saturated heterocycles. The number of piperazine rings is 1. The molecule has 2 aromatic carbocycles. The molecule has 2 atom stereocenters. The summed E-state index contributed by atoms with van der Waals surface area (Å²) >= 11 is 0. The van der Waals surface area contributed by atoms with E-state index in [-0.39, 0.29) is 25.2 Å². The molecule has 158 valence electrons. The van der Waals surface area contributed by atoms with Gasteiger partial charge >= 0.3 is 0 Å². The van der Waals surface area contributed by atoms with E-state index in [0.29, 0.717) is 17.9 Å². The van der Waals surface area contributed by atoms with Gasteiger partial charge in [0.15, 0.2) is 11.5 Å². The van der Waals surface area contributed by atoms with Gasteiger partial charge < -0.3 is 29.0 Å². The number of hydrogen-bond donors (Lipinski definition) is 1. The lowest BCUT2D eigenvalue weighted by atomic mass is 9.86. The summed E-state index contributed by atoms with van der Waals surface area (Å²) in [6.07, 6.45) is 0.470. The van der Waals surface area contributed by atoms with Crippen LogP contribution >= 0.6 is 0 Å². The number of carbonyl (C=O) groups is 2. The largest absolute Gasteiger partial charge is 0.497 e. The number of ether oxygens (including phenoxy) is 3. The second-order valence-corrected chi connectivity index (χ2v) is 8.16. The fourth-order valence-electron chi connectivity index (χ4n) is 5.00. The van der Waals surface area contributed by atoms with Gasteiger partial charge in [-0.15, -0.1) is 0 Å². The molecule has 1 N–H and O–H groups in total. The van der Waals surface area contributed by atoms with Crippen LogP contribution in [0.1, 0.15) is 22.9 Å². The zero-order valence-electron chi connectivity index (χ0n) is 17.2. The molecule has 2 amide bonds. The number of nitrogens with one attached hydrogen (secondary N) is 1. The van der Waals surface area contributed by atoms with Crippen LogP contribution in [-0.4, -0.2) is 60.1 Å². The maximum absolute atomic E-state index is 13.2. The third-order valence-electron chi connectivity index (χ3n) is 6.47. The van der Waals surface area contributed by atoms with Crippen LogP contribution in [0.15, 0.2) is 36.4 Å². The predicted molar refractivity (Wildman–Crippen MR) is 111 cm³/mol. The number of H-pyrrole nitrogens is 1. The smallest absolute Gasteiger partial charge is 0.245 e. The van der Waals surface area contributed by atoms with Gasteiger partial charge in [-0.25, -0.2) is 0 Å². The Morgan fingerprint density at radius 1 is 1.10 bits per heavy atom. The van der Waals surface area contributed by atoms with E-state index in [0.717, 1.165) is 33.5 Å².